The van der Waals surface area contributed by atoms with Crippen LogP contribution < -0.4 is 10.6 Å². The lowest BCUT2D eigenvalue weighted by atomic mass is 10.2. The molecule has 1 amide bonds. The molecule has 0 bridgehead atoms. The third-order valence-electron chi connectivity index (χ3n) is 3.32. The lowest BCUT2D eigenvalue weighted by Crippen LogP contribution is -2.12. The van der Waals surface area contributed by atoms with Gasteiger partial charge in [-0.05, 0) is 48.5 Å². The van der Waals surface area contributed by atoms with Gasteiger partial charge < -0.3 is 10.6 Å². The summed E-state index contributed by atoms with van der Waals surface area (Å²) in [6.07, 6.45) is 1.43. The summed E-state index contributed by atoms with van der Waals surface area (Å²) in [7, 11) is 0. The van der Waals surface area contributed by atoms with Gasteiger partial charge in [-0.3, -0.25) is 4.79 Å². The monoisotopic (exact) mass is 359 g/mol. The van der Waals surface area contributed by atoms with Crippen molar-refractivity contribution in [3.05, 3.63) is 83.0 Å². The van der Waals surface area contributed by atoms with Crippen molar-refractivity contribution < 1.29 is 13.6 Å². The summed E-state index contributed by atoms with van der Waals surface area (Å²) in [5, 5.41) is 5.97. The number of hydrogen-bond donors (Lipinski definition) is 2. The minimum Gasteiger partial charge on any atom is -0.352 e. The fourth-order valence-electron chi connectivity index (χ4n) is 2.08. The molecule has 1 aromatic heterocycles. The first kappa shape index (κ1) is 16.9. The summed E-state index contributed by atoms with van der Waals surface area (Å²) in [4.78, 5) is 16.2. The Morgan fingerprint density at radius 3 is 2.40 bits per heavy atom. The van der Waals surface area contributed by atoms with Gasteiger partial charge in [0.2, 0.25) is 0 Å². The van der Waals surface area contributed by atoms with Crippen molar-refractivity contribution >= 4 is 34.7 Å². The number of halogens is 3. The summed E-state index contributed by atoms with van der Waals surface area (Å²) < 4.78 is 26.5. The van der Waals surface area contributed by atoms with E-state index in [2.05, 4.69) is 15.6 Å². The summed E-state index contributed by atoms with van der Waals surface area (Å²) in [6, 6.07) is 12.9. The highest BCUT2D eigenvalue weighted by Crippen LogP contribution is 2.21. The zero-order valence-electron chi connectivity index (χ0n) is 12.8. The van der Waals surface area contributed by atoms with Crippen LogP contribution in [0.4, 0.5) is 26.0 Å². The van der Waals surface area contributed by atoms with Crippen LogP contribution in [0.5, 0.6) is 0 Å². The van der Waals surface area contributed by atoms with E-state index in [0.29, 0.717) is 22.1 Å². The Hall–Kier alpha value is -2.99. The Balaban J connectivity index is 1.67. The lowest BCUT2D eigenvalue weighted by molar-refractivity contribution is 0.102. The molecule has 4 nitrogen and oxygen atoms in total. The maximum Gasteiger partial charge on any atom is 0.256 e. The smallest absolute Gasteiger partial charge is 0.256 e. The molecular formula is C18H12ClF2N3O. The second-order valence-corrected chi connectivity index (χ2v) is 5.58. The SMILES string of the molecule is O=C(Nc1ccc(Nc2ccc(F)cc2F)cn1)c1ccc(Cl)cc1. The molecule has 0 spiro atoms. The third kappa shape index (κ3) is 4.30. The number of carbonyl (C=O) groups excluding carboxylic acids is 1. The number of rotatable bonds is 4. The third-order valence-corrected chi connectivity index (χ3v) is 3.57. The first-order valence-electron chi connectivity index (χ1n) is 7.26. The van der Waals surface area contributed by atoms with Crippen LogP contribution in [0.25, 0.3) is 0 Å². The molecule has 3 aromatic rings. The maximum atomic E-state index is 13.6. The topological polar surface area (TPSA) is 54.0 Å². The molecule has 3 rings (SSSR count). The van der Waals surface area contributed by atoms with Crippen LogP contribution in [-0.2, 0) is 0 Å². The van der Waals surface area contributed by atoms with Crippen molar-refractivity contribution in [3.63, 3.8) is 0 Å². The van der Waals surface area contributed by atoms with Gasteiger partial charge in [0.1, 0.15) is 17.5 Å². The van der Waals surface area contributed by atoms with Crippen LogP contribution in [-0.4, -0.2) is 10.9 Å². The molecule has 0 saturated carbocycles. The number of amides is 1. The Morgan fingerprint density at radius 2 is 1.76 bits per heavy atom. The van der Waals surface area contributed by atoms with Crippen molar-refractivity contribution in [3.8, 4) is 0 Å². The number of nitrogens with one attached hydrogen (secondary N) is 2. The first-order chi connectivity index (χ1) is 12.0. The van der Waals surface area contributed by atoms with Gasteiger partial charge in [0.05, 0.1) is 17.6 Å². The van der Waals surface area contributed by atoms with Gasteiger partial charge in [-0.1, -0.05) is 11.6 Å². The lowest BCUT2D eigenvalue weighted by Gasteiger charge is -2.09. The number of anilines is 3. The van der Waals surface area contributed by atoms with Crippen LogP contribution in [0.2, 0.25) is 5.02 Å². The molecule has 7 heteroatoms. The predicted molar refractivity (Wildman–Crippen MR) is 93.3 cm³/mol. The summed E-state index contributed by atoms with van der Waals surface area (Å²) in [5.74, 6) is -1.35. The van der Waals surface area contributed by atoms with Gasteiger partial charge in [0.15, 0.2) is 0 Å². The minimum absolute atomic E-state index is 0.126. The van der Waals surface area contributed by atoms with E-state index in [0.717, 1.165) is 12.1 Å². The normalized spacial score (nSPS) is 10.4. The van der Waals surface area contributed by atoms with E-state index < -0.39 is 11.6 Å². The fourth-order valence-corrected chi connectivity index (χ4v) is 2.20. The highest BCUT2D eigenvalue weighted by Gasteiger charge is 2.08. The van der Waals surface area contributed by atoms with E-state index in [1.807, 2.05) is 0 Å². The molecule has 0 atom stereocenters. The van der Waals surface area contributed by atoms with E-state index >= 15 is 0 Å². The zero-order chi connectivity index (χ0) is 17.8. The summed E-state index contributed by atoms with van der Waals surface area (Å²) in [5.41, 5.74) is 1.07. The van der Waals surface area contributed by atoms with Crippen LogP contribution in [0.1, 0.15) is 10.4 Å². The number of hydrogen-bond acceptors (Lipinski definition) is 3. The number of carbonyl (C=O) groups is 1. The Bertz CT molecular complexity index is 899. The summed E-state index contributed by atoms with van der Waals surface area (Å²) >= 11 is 5.78. The fraction of sp³-hybridized carbons (Fsp3) is 0. The van der Waals surface area contributed by atoms with Gasteiger partial charge in [-0.25, -0.2) is 13.8 Å². The van der Waals surface area contributed by atoms with E-state index in [9.17, 15) is 13.6 Å². The number of aromatic nitrogens is 1. The van der Waals surface area contributed by atoms with Gasteiger partial charge in [-0.15, -0.1) is 0 Å². The average Bonchev–Trinajstić information content (AvgIpc) is 2.59. The van der Waals surface area contributed by atoms with Crippen molar-refractivity contribution in [1.29, 1.82) is 0 Å². The average molecular weight is 360 g/mol. The highest BCUT2D eigenvalue weighted by atomic mass is 35.5. The van der Waals surface area contributed by atoms with Crippen LogP contribution in [0, 0.1) is 11.6 Å². The van der Waals surface area contributed by atoms with Gasteiger partial charge in [0, 0.05) is 16.7 Å². The molecule has 1 heterocycles. The molecule has 126 valence electrons. The zero-order valence-corrected chi connectivity index (χ0v) is 13.5. The molecular weight excluding hydrogens is 348 g/mol. The first-order valence-corrected chi connectivity index (χ1v) is 7.64. The Labute approximate surface area is 147 Å². The van der Waals surface area contributed by atoms with Gasteiger partial charge in [0.25, 0.3) is 5.91 Å². The van der Waals surface area contributed by atoms with Crippen molar-refractivity contribution in [2.75, 3.05) is 10.6 Å². The molecule has 0 radical (unpaired) electrons. The van der Waals surface area contributed by atoms with Crippen molar-refractivity contribution in [1.82, 2.24) is 4.98 Å². The largest absolute Gasteiger partial charge is 0.352 e. The molecule has 0 saturated heterocycles. The Kier molecular flexibility index (Phi) is 4.90. The molecule has 2 N–H and O–H groups in total. The number of pyridine rings is 1. The maximum absolute atomic E-state index is 13.6. The van der Waals surface area contributed by atoms with Gasteiger partial charge >= 0.3 is 0 Å². The summed E-state index contributed by atoms with van der Waals surface area (Å²) in [6.45, 7) is 0. The van der Waals surface area contributed by atoms with Crippen molar-refractivity contribution in [2.24, 2.45) is 0 Å². The number of nitrogens with zero attached hydrogens (tertiary/aromatic N) is 1. The predicted octanol–water partition coefficient (Wildman–Crippen LogP) is 5.01. The van der Waals surface area contributed by atoms with Crippen LogP contribution in [0.15, 0.2) is 60.8 Å². The van der Waals surface area contributed by atoms with Gasteiger partial charge in [-0.2, -0.15) is 0 Å². The van der Waals surface area contributed by atoms with Crippen molar-refractivity contribution in [2.45, 2.75) is 0 Å². The highest BCUT2D eigenvalue weighted by molar-refractivity contribution is 6.30. The van der Waals surface area contributed by atoms with E-state index in [4.69, 9.17) is 11.6 Å². The molecule has 0 fully saturated rings. The Morgan fingerprint density at radius 1 is 1.00 bits per heavy atom. The van der Waals surface area contributed by atoms with Crippen LogP contribution >= 0.6 is 11.6 Å². The molecule has 0 aliphatic carbocycles. The van der Waals surface area contributed by atoms with E-state index in [1.54, 1.807) is 36.4 Å². The second kappa shape index (κ2) is 7.27. The standard InChI is InChI=1S/C18H12ClF2N3O/c19-12-3-1-11(2-4-12)18(25)24-17-8-6-14(10-22-17)23-16-7-5-13(20)9-15(16)21/h1-10,23H,(H,22,24,25). The van der Waals surface area contributed by atoms with Crippen LogP contribution in [0.3, 0.4) is 0 Å². The molecule has 0 unspecified atom stereocenters. The quantitative estimate of drug-likeness (QED) is 0.688. The van der Waals surface area contributed by atoms with E-state index in [-0.39, 0.29) is 11.6 Å². The second-order valence-electron chi connectivity index (χ2n) is 5.14. The molecule has 2 aromatic carbocycles. The molecule has 25 heavy (non-hydrogen) atoms. The number of benzene rings is 2. The van der Waals surface area contributed by atoms with E-state index in [1.165, 1.54) is 12.3 Å². The molecule has 0 aliphatic heterocycles. The minimum atomic E-state index is -0.708. The molecule has 0 aliphatic rings.